The number of Topliss-reactive ketones (excluding diaryl/α,β-unsaturated/α-hetero) is 1. The smallest absolute Gasteiger partial charge is 0.200 e. The molecule has 1 heterocycles. The first-order valence-corrected chi connectivity index (χ1v) is 3.55. The molecule has 1 aromatic rings. The summed E-state index contributed by atoms with van der Waals surface area (Å²) in [5.74, 6) is -0.0935. The quantitative estimate of drug-likeness (QED) is 0.523. The van der Waals surface area contributed by atoms with Gasteiger partial charge in [0, 0.05) is 18.8 Å². The zero-order valence-corrected chi connectivity index (χ0v) is 6.40. The lowest BCUT2D eigenvalue weighted by molar-refractivity contribution is 0.0696. The molecule has 0 spiro atoms. The van der Waals surface area contributed by atoms with Gasteiger partial charge in [-0.05, 0) is 0 Å². The zero-order chi connectivity index (χ0) is 8.97. The highest BCUT2D eigenvalue weighted by Gasteiger charge is 2.13. The van der Waals surface area contributed by atoms with E-state index in [9.17, 15) is 4.79 Å². The normalized spacial score (nSPS) is 12.8. The van der Waals surface area contributed by atoms with Gasteiger partial charge in [0.25, 0.3) is 0 Å². The van der Waals surface area contributed by atoms with E-state index in [-0.39, 0.29) is 18.0 Å². The highest BCUT2D eigenvalue weighted by molar-refractivity contribution is 5.92. The van der Waals surface area contributed by atoms with Gasteiger partial charge in [-0.2, -0.15) is 0 Å². The molecule has 0 aliphatic rings. The van der Waals surface area contributed by atoms with Gasteiger partial charge in [-0.25, -0.2) is 4.98 Å². The van der Waals surface area contributed by atoms with E-state index in [0.717, 1.165) is 0 Å². The molecule has 0 saturated heterocycles. The molecule has 0 saturated carbocycles. The lowest BCUT2D eigenvalue weighted by Crippen LogP contribution is -2.18. The molecule has 12 heavy (non-hydrogen) atoms. The van der Waals surface area contributed by atoms with E-state index in [2.05, 4.69) is 9.97 Å². The minimum absolute atomic E-state index is 0.107. The molecule has 1 aromatic heterocycles. The van der Waals surface area contributed by atoms with Gasteiger partial charge in [0.05, 0.1) is 12.7 Å². The van der Waals surface area contributed by atoms with Crippen molar-refractivity contribution >= 4 is 5.78 Å². The largest absolute Gasteiger partial charge is 0.394 e. The molecule has 5 heteroatoms. The number of nitrogens with zero attached hydrogens (tertiary/aromatic N) is 1. The summed E-state index contributed by atoms with van der Waals surface area (Å²) in [5.41, 5.74) is 0. The van der Waals surface area contributed by atoms with Gasteiger partial charge in [-0.15, -0.1) is 0 Å². The molecule has 5 nitrogen and oxygen atoms in total. The van der Waals surface area contributed by atoms with Crippen LogP contribution in [0.2, 0.25) is 0 Å². The number of hydrogen-bond acceptors (Lipinski definition) is 4. The van der Waals surface area contributed by atoms with Crippen LogP contribution in [0.3, 0.4) is 0 Å². The maximum Gasteiger partial charge on any atom is 0.200 e. The van der Waals surface area contributed by atoms with Crippen molar-refractivity contribution in [3.05, 3.63) is 18.2 Å². The van der Waals surface area contributed by atoms with Gasteiger partial charge in [0.1, 0.15) is 0 Å². The van der Waals surface area contributed by atoms with Crippen LogP contribution in [0.5, 0.6) is 0 Å². The fourth-order valence-electron chi connectivity index (χ4n) is 0.793. The summed E-state index contributed by atoms with van der Waals surface area (Å²) in [6, 6.07) is 0. The van der Waals surface area contributed by atoms with Gasteiger partial charge in [-0.3, -0.25) is 4.79 Å². The van der Waals surface area contributed by atoms with Crippen molar-refractivity contribution < 1.29 is 15.0 Å². The van der Waals surface area contributed by atoms with E-state index in [0.29, 0.717) is 0 Å². The van der Waals surface area contributed by atoms with Gasteiger partial charge < -0.3 is 15.2 Å². The Morgan fingerprint density at radius 3 is 3.00 bits per heavy atom. The molecule has 0 radical (unpaired) electrons. The number of carbonyl (C=O) groups excluding carboxylic acids is 1. The Kier molecular flexibility index (Phi) is 2.95. The van der Waals surface area contributed by atoms with Crippen molar-refractivity contribution in [1.82, 2.24) is 9.97 Å². The van der Waals surface area contributed by atoms with Crippen LogP contribution in [0.4, 0.5) is 0 Å². The summed E-state index contributed by atoms with van der Waals surface area (Å²) >= 11 is 0. The fourth-order valence-corrected chi connectivity index (χ4v) is 0.793. The number of aliphatic hydroxyl groups excluding tert-OH is 2. The minimum atomic E-state index is -0.998. The molecule has 0 unspecified atom stereocenters. The Labute approximate surface area is 69.1 Å². The molecule has 3 N–H and O–H groups in total. The number of aromatic nitrogens is 2. The molecule has 0 amide bonds. The van der Waals surface area contributed by atoms with Crippen molar-refractivity contribution in [1.29, 1.82) is 0 Å². The first kappa shape index (κ1) is 8.89. The molecule has 66 valence electrons. The maximum atomic E-state index is 11.1. The van der Waals surface area contributed by atoms with E-state index in [1.165, 1.54) is 12.4 Å². The first-order chi connectivity index (χ1) is 5.74. The van der Waals surface area contributed by atoms with Crippen LogP contribution in [0.1, 0.15) is 17.0 Å². The Morgan fingerprint density at radius 2 is 2.50 bits per heavy atom. The summed E-state index contributed by atoms with van der Waals surface area (Å²) in [6.45, 7) is -0.410. The van der Waals surface area contributed by atoms with E-state index < -0.39 is 12.7 Å². The second-order valence-corrected chi connectivity index (χ2v) is 2.40. The molecule has 0 aromatic carbocycles. The van der Waals surface area contributed by atoms with E-state index in [4.69, 9.17) is 10.2 Å². The van der Waals surface area contributed by atoms with E-state index >= 15 is 0 Å². The molecule has 0 aliphatic carbocycles. The van der Waals surface area contributed by atoms with Crippen LogP contribution in [0.15, 0.2) is 12.4 Å². The average molecular weight is 170 g/mol. The SMILES string of the molecule is O=C(C[C@H](O)CO)c1ncc[nH]1. The number of hydrogen-bond donors (Lipinski definition) is 3. The highest BCUT2D eigenvalue weighted by atomic mass is 16.3. The summed E-state index contributed by atoms with van der Waals surface area (Å²) in [5, 5.41) is 17.4. The summed E-state index contributed by atoms with van der Waals surface area (Å²) < 4.78 is 0. The molecule has 0 fully saturated rings. The van der Waals surface area contributed by atoms with Crippen LogP contribution in [0, 0.1) is 0 Å². The number of nitrogens with one attached hydrogen (secondary N) is 1. The highest BCUT2D eigenvalue weighted by Crippen LogP contribution is 1.99. The lowest BCUT2D eigenvalue weighted by atomic mass is 10.2. The van der Waals surface area contributed by atoms with Crippen molar-refractivity contribution in [2.75, 3.05) is 6.61 Å². The van der Waals surface area contributed by atoms with Crippen LogP contribution in [-0.4, -0.2) is 38.7 Å². The molecular formula is C7H10N2O3. The van der Waals surface area contributed by atoms with Gasteiger partial charge >= 0.3 is 0 Å². The van der Waals surface area contributed by atoms with Crippen molar-refractivity contribution in [2.45, 2.75) is 12.5 Å². The minimum Gasteiger partial charge on any atom is -0.394 e. The third-order valence-electron chi connectivity index (χ3n) is 1.39. The van der Waals surface area contributed by atoms with E-state index in [1.54, 1.807) is 0 Å². The Balaban J connectivity index is 2.50. The summed E-state index contributed by atoms with van der Waals surface area (Å²) in [6.07, 6.45) is 1.88. The zero-order valence-electron chi connectivity index (χ0n) is 6.40. The monoisotopic (exact) mass is 170 g/mol. The third kappa shape index (κ3) is 2.14. The van der Waals surface area contributed by atoms with E-state index in [1.807, 2.05) is 0 Å². The number of carbonyl (C=O) groups is 1. The van der Waals surface area contributed by atoms with Crippen LogP contribution in [-0.2, 0) is 0 Å². The van der Waals surface area contributed by atoms with Crippen molar-refractivity contribution in [3.63, 3.8) is 0 Å². The molecule has 0 bridgehead atoms. The topological polar surface area (TPSA) is 86.2 Å². The first-order valence-electron chi connectivity index (χ1n) is 3.55. The standard InChI is InChI=1S/C7H10N2O3/c10-4-5(11)3-6(12)7-8-1-2-9-7/h1-2,5,10-11H,3-4H2,(H,8,9)/t5-/m0/s1. The average Bonchev–Trinajstić information content (AvgIpc) is 2.56. The number of aliphatic hydroxyl groups is 2. The summed E-state index contributed by atoms with van der Waals surface area (Å²) in [4.78, 5) is 17.4. The second-order valence-electron chi connectivity index (χ2n) is 2.40. The Bertz CT molecular complexity index is 245. The van der Waals surface area contributed by atoms with Gasteiger partial charge in [0.2, 0.25) is 5.78 Å². The van der Waals surface area contributed by atoms with Gasteiger partial charge in [-0.1, -0.05) is 0 Å². The van der Waals surface area contributed by atoms with Crippen LogP contribution in [0.25, 0.3) is 0 Å². The predicted molar refractivity (Wildman–Crippen MR) is 40.6 cm³/mol. The number of ketones is 1. The fraction of sp³-hybridized carbons (Fsp3) is 0.429. The Hall–Kier alpha value is -1.20. The predicted octanol–water partition coefficient (Wildman–Crippen LogP) is -0.664. The second kappa shape index (κ2) is 3.99. The van der Waals surface area contributed by atoms with Crippen LogP contribution < -0.4 is 0 Å². The summed E-state index contributed by atoms with van der Waals surface area (Å²) in [7, 11) is 0. The Morgan fingerprint density at radius 1 is 1.75 bits per heavy atom. The number of H-pyrrole nitrogens is 1. The molecule has 1 atom stereocenters. The number of imidazole rings is 1. The lowest BCUT2D eigenvalue weighted by Gasteiger charge is -2.02. The van der Waals surface area contributed by atoms with Crippen molar-refractivity contribution in [2.24, 2.45) is 0 Å². The number of rotatable bonds is 4. The molecule has 1 rings (SSSR count). The number of aromatic amines is 1. The van der Waals surface area contributed by atoms with Crippen molar-refractivity contribution in [3.8, 4) is 0 Å². The molecular weight excluding hydrogens is 160 g/mol. The van der Waals surface area contributed by atoms with Gasteiger partial charge in [0.15, 0.2) is 5.82 Å². The maximum absolute atomic E-state index is 11.1. The molecule has 0 aliphatic heterocycles. The van der Waals surface area contributed by atoms with Crippen LogP contribution >= 0.6 is 0 Å². The third-order valence-corrected chi connectivity index (χ3v) is 1.39.